The number of hydrogen-bond donors (Lipinski definition) is 1. The van der Waals surface area contributed by atoms with Crippen LogP contribution in [0.4, 0.5) is 13.2 Å². The van der Waals surface area contributed by atoms with Crippen LogP contribution in [0.2, 0.25) is 0 Å². The maximum atomic E-state index is 13.2. The van der Waals surface area contributed by atoms with E-state index in [-0.39, 0.29) is 11.6 Å². The van der Waals surface area contributed by atoms with Crippen molar-refractivity contribution >= 4 is 5.91 Å². The third-order valence-corrected chi connectivity index (χ3v) is 4.12. The molecule has 0 radical (unpaired) electrons. The molecule has 1 amide bonds. The number of carbonyl (C=O) groups is 1. The summed E-state index contributed by atoms with van der Waals surface area (Å²) in [5.41, 5.74) is -0.139. The van der Waals surface area contributed by atoms with Gasteiger partial charge in [-0.05, 0) is 37.4 Å². The van der Waals surface area contributed by atoms with Gasteiger partial charge in [0.15, 0.2) is 17.5 Å². The van der Waals surface area contributed by atoms with Crippen LogP contribution in [0.3, 0.4) is 0 Å². The number of hydrogen-bond acceptors (Lipinski definition) is 2. The summed E-state index contributed by atoms with van der Waals surface area (Å²) in [7, 11) is 0. The van der Waals surface area contributed by atoms with Gasteiger partial charge in [0.1, 0.15) is 0 Å². The van der Waals surface area contributed by atoms with Crippen LogP contribution in [-0.2, 0) is 0 Å². The SMILES string of the molecule is O=C(c1cc(F)c(F)c(F)c1)N1CC2CCCNC2C1. The first kappa shape index (κ1) is 13.4. The van der Waals surface area contributed by atoms with Crippen LogP contribution in [0.1, 0.15) is 23.2 Å². The molecule has 108 valence electrons. The predicted molar refractivity (Wildman–Crippen MR) is 66.7 cm³/mol. The lowest BCUT2D eigenvalue weighted by atomic mass is 9.94. The van der Waals surface area contributed by atoms with E-state index in [4.69, 9.17) is 0 Å². The molecule has 2 heterocycles. The standard InChI is InChI=1S/C14H15F3N2O/c15-10-4-9(5-11(16)13(10)17)14(20)19-6-8-2-1-3-18-12(8)7-19/h4-5,8,12,18H,1-3,6-7H2. The molecule has 0 aromatic heterocycles. The molecule has 2 aliphatic heterocycles. The van der Waals surface area contributed by atoms with Gasteiger partial charge in [-0.15, -0.1) is 0 Å². The van der Waals surface area contributed by atoms with Gasteiger partial charge in [0.25, 0.3) is 5.91 Å². The molecular formula is C14H15F3N2O. The Hall–Kier alpha value is -1.56. The highest BCUT2D eigenvalue weighted by atomic mass is 19.2. The zero-order chi connectivity index (χ0) is 14.3. The van der Waals surface area contributed by atoms with Crippen LogP contribution in [0.25, 0.3) is 0 Å². The fourth-order valence-corrected chi connectivity index (χ4v) is 3.07. The zero-order valence-electron chi connectivity index (χ0n) is 10.8. The Labute approximate surface area is 114 Å². The highest BCUT2D eigenvalue weighted by Gasteiger charge is 2.36. The van der Waals surface area contributed by atoms with Crippen molar-refractivity contribution in [2.24, 2.45) is 5.92 Å². The Kier molecular flexibility index (Phi) is 3.41. The molecular weight excluding hydrogens is 269 g/mol. The van der Waals surface area contributed by atoms with Gasteiger partial charge in [0, 0.05) is 24.7 Å². The van der Waals surface area contributed by atoms with Gasteiger partial charge in [-0.3, -0.25) is 4.79 Å². The van der Waals surface area contributed by atoms with E-state index in [9.17, 15) is 18.0 Å². The third-order valence-electron chi connectivity index (χ3n) is 4.12. The quantitative estimate of drug-likeness (QED) is 0.799. The molecule has 2 atom stereocenters. The number of carbonyl (C=O) groups excluding carboxylic acids is 1. The average molecular weight is 284 g/mol. The molecule has 1 aromatic carbocycles. The smallest absolute Gasteiger partial charge is 0.254 e. The van der Waals surface area contributed by atoms with Crippen molar-refractivity contribution < 1.29 is 18.0 Å². The summed E-state index contributed by atoms with van der Waals surface area (Å²) in [5, 5.41) is 3.35. The summed E-state index contributed by atoms with van der Waals surface area (Å²) in [4.78, 5) is 13.8. The van der Waals surface area contributed by atoms with Gasteiger partial charge >= 0.3 is 0 Å². The first-order valence-electron chi connectivity index (χ1n) is 6.73. The Morgan fingerprint density at radius 1 is 1.20 bits per heavy atom. The Morgan fingerprint density at radius 3 is 2.55 bits per heavy atom. The number of piperidine rings is 1. The van der Waals surface area contributed by atoms with Crippen molar-refractivity contribution in [3.8, 4) is 0 Å². The van der Waals surface area contributed by atoms with E-state index in [1.54, 1.807) is 4.90 Å². The molecule has 0 saturated carbocycles. The molecule has 0 bridgehead atoms. The molecule has 1 aromatic rings. The summed E-state index contributed by atoms with van der Waals surface area (Å²) in [5.74, 6) is -4.26. The van der Waals surface area contributed by atoms with E-state index in [1.807, 2.05) is 0 Å². The Morgan fingerprint density at radius 2 is 1.90 bits per heavy atom. The zero-order valence-corrected chi connectivity index (χ0v) is 10.8. The Balaban J connectivity index is 1.79. The molecule has 0 spiro atoms. The molecule has 2 fully saturated rings. The van der Waals surface area contributed by atoms with Crippen LogP contribution < -0.4 is 5.32 Å². The topological polar surface area (TPSA) is 32.3 Å². The number of amides is 1. The molecule has 20 heavy (non-hydrogen) atoms. The minimum Gasteiger partial charge on any atom is -0.337 e. The summed E-state index contributed by atoms with van der Waals surface area (Å²) in [6.45, 7) is 2.05. The lowest BCUT2D eigenvalue weighted by Crippen LogP contribution is -2.41. The largest absolute Gasteiger partial charge is 0.337 e. The van der Waals surface area contributed by atoms with E-state index >= 15 is 0 Å². The van der Waals surface area contributed by atoms with Crippen molar-refractivity contribution in [3.05, 3.63) is 35.1 Å². The number of rotatable bonds is 1. The third kappa shape index (κ3) is 2.28. The van der Waals surface area contributed by atoms with Crippen molar-refractivity contribution in [2.45, 2.75) is 18.9 Å². The number of likely N-dealkylation sites (tertiary alicyclic amines) is 1. The minimum absolute atomic E-state index is 0.139. The van der Waals surface area contributed by atoms with Crippen molar-refractivity contribution in [3.63, 3.8) is 0 Å². The molecule has 2 aliphatic rings. The molecule has 3 nitrogen and oxygen atoms in total. The van der Waals surface area contributed by atoms with Gasteiger partial charge in [-0.2, -0.15) is 0 Å². The van der Waals surface area contributed by atoms with Gasteiger partial charge in [-0.25, -0.2) is 13.2 Å². The normalized spacial score (nSPS) is 25.6. The van der Waals surface area contributed by atoms with E-state index in [2.05, 4.69) is 5.32 Å². The second kappa shape index (κ2) is 5.09. The van der Waals surface area contributed by atoms with Crippen molar-refractivity contribution in [2.75, 3.05) is 19.6 Å². The molecule has 1 N–H and O–H groups in total. The van der Waals surface area contributed by atoms with Crippen molar-refractivity contribution in [1.82, 2.24) is 10.2 Å². The number of nitrogens with zero attached hydrogens (tertiary/aromatic N) is 1. The fourth-order valence-electron chi connectivity index (χ4n) is 3.07. The number of nitrogens with one attached hydrogen (secondary N) is 1. The van der Waals surface area contributed by atoms with E-state index in [0.29, 0.717) is 19.0 Å². The van der Waals surface area contributed by atoms with E-state index < -0.39 is 23.4 Å². The monoisotopic (exact) mass is 284 g/mol. The van der Waals surface area contributed by atoms with Crippen molar-refractivity contribution in [1.29, 1.82) is 0 Å². The summed E-state index contributed by atoms with van der Waals surface area (Å²) in [6.07, 6.45) is 2.12. The number of benzene rings is 1. The second-order valence-electron chi connectivity index (χ2n) is 5.43. The van der Waals surface area contributed by atoms with Gasteiger partial charge in [0.05, 0.1) is 0 Å². The number of fused-ring (bicyclic) bond motifs is 1. The first-order valence-corrected chi connectivity index (χ1v) is 6.73. The molecule has 2 unspecified atom stereocenters. The number of halogens is 3. The average Bonchev–Trinajstić information content (AvgIpc) is 2.87. The lowest BCUT2D eigenvalue weighted by molar-refractivity contribution is 0.0784. The van der Waals surface area contributed by atoms with Crippen LogP contribution in [-0.4, -0.2) is 36.5 Å². The summed E-state index contributed by atoms with van der Waals surface area (Å²) < 4.78 is 39.3. The highest BCUT2D eigenvalue weighted by Crippen LogP contribution is 2.26. The fraction of sp³-hybridized carbons (Fsp3) is 0.500. The summed E-state index contributed by atoms with van der Waals surface area (Å²) >= 11 is 0. The molecule has 2 saturated heterocycles. The van der Waals surface area contributed by atoms with E-state index in [0.717, 1.165) is 31.5 Å². The predicted octanol–water partition coefficient (Wildman–Crippen LogP) is 1.93. The summed E-state index contributed by atoms with van der Waals surface area (Å²) in [6, 6.07) is 1.77. The minimum atomic E-state index is -1.54. The van der Waals surface area contributed by atoms with E-state index in [1.165, 1.54) is 0 Å². The highest BCUT2D eigenvalue weighted by molar-refractivity contribution is 5.94. The maximum absolute atomic E-state index is 13.2. The Bertz CT molecular complexity index is 512. The second-order valence-corrected chi connectivity index (χ2v) is 5.43. The van der Waals surface area contributed by atoms with Gasteiger partial charge < -0.3 is 10.2 Å². The molecule has 0 aliphatic carbocycles. The van der Waals surface area contributed by atoms with Crippen LogP contribution >= 0.6 is 0 Å². The molecule has 6 heteroatoms. The van der Waals surface area contributed by atoms with Crippen LogP contribution in [0.15, 0.2) is 12.1 Å². The first-order chi connectivity index (χ1) is 9.56. The van der Waals surface area contributed by atoms with Crippen LogP contribution in [0.5, 0.6) is 0 Å². The van der Waals surface area contributed by atoms with Crippen LogP contribution in [0, 0.1) is 23.4 Å². The lowest BCUT2D eigenvalue weighted by Gasteiger charge is -2.24. The maximum Gasteiger partial charge on any atom is 0.254 e. The van der Waals surface area contributed by atoms with Gasteiger partial charge in [-0.1, -0.05) is 0 Å². The molecule has 3 rings (SSSR count). The van der Waals surface area contributed by atoms with Gasteiger partial charge in [0.2, 0.25) is 0 Å².